The molecule has 0 aliphatic heterocycles. The summed E-state index contributed by atoms with van der Waals surface area (Å²) in [7, 11) is 0. The summed E-state index contributed by atoms with van der Waals surface area (Å²) in [6.45, 7) is 2.15. The second kappa shape index (κ2) is 3.52. The molecule has 0 saturated carbocycles. The molecule has 0 aromatic carbocycles. The Labute approximate surface area is 78.0 Å². The standard InChI is InChI=1S/C11H12N2/c1-9-4-2-5-10(8-9)11-12-6-3-7-13-11/h3,5-8H,2,4H2,1H3. The molecule has 0 N–H and O–H groups in total. The van der Waals surface area contributed by atoms with Crippen LogP contribution >= 0.6 is 0 Å². The lowest BCUT2D eigenvalue weighted by Crippen LogP contribution is -1.94. The van der Waals surface area contributed by atoms with E-state index in [-0.39, 0.29) is 0 Å². The molecule has 0 spiro atoms. The molecule has 1 aromatic rings. The van der Waals surface area contributed by atoms with Gasteiger partial charge in [0.05, 0.1) is 0 Å². The average molecular weight is 172 g/mol. The van der Waals surface area contributed by atoms with Crippen molar-refractivity contribution in [3.63, 3.8) is 0 Å². The molecule has 1 aliphatic rings. The third-order valence-corrected chi connectivity index (χ3v) is 2.13. The van der Waals surface area contributed by atoms with Crippen molar-refractivity contribution >= 4 is 5.57 Å². The Morgan fingerprint density at radius 1 is 1.23 bits per heavy atom. The van der Waals surface area contributed by atoms with Crippen molar-refractivity contribution in [1.82, 2.24) is 9.97 Å². The van der Waals surface area contributed by atoms with E-state index >= 15 is 0 Å². The Morgan fingerprint density at radius 2 is 2.00 bits per heavy atom. The van der Waals surface area contributed by atoms with Gasteiger partial charge in [-0.1, -0.05) is 17.7 Å². The topological polar surface area (TPSA) is 25.8 Å². The summed E-state index contributed by atoms with van der Waals surface area (Å²) in [5.41, 5.74) is 2.56. The van der Waals surface area contributed by atoms with Crippen LogP contribution in [0.4, 0.5) is 0 Å². The summed E-state index contributed by atoms with van der Waals surface area (Å²) < 4.78 is 0. The summed E-state index contributed by atoms with van der Waals surface area (Å²) in [5, 5.41) is 0. The normalized spacial score (nSPS) is 16.4. The Balaban J connectivity index is 2.33. The van der Waals surface area contributed by atoms with Gasteiger partial charge in [0.2, 0.25) is 0 Å². The first-order valence-corrected chi connectivity index (χ1v) is 4.51. The molecule has 13 heavy (non-hydrogen) atoms. The molecule has 2 rings (SSSR count). The fourth-order valence-corrected chi connectivity index (χ4v) is 1.46. The number of hydrogen-bond acceptors (Lipinski definition) is 2. The predicted molar refractivity (Wildman–Crippen MR) is 53.0 cm³/mol. The number of hydrogen-bond donors (Lipinski definition) is 0. The van der Waals surface area contributed by atoms with Crippen LogP contribution in [0.1, 0.15) is 25.6 Å². The van der Waals surface area contributed by atoms with E-state index in [2.05, 4.69) is 29.0 Å². The highest BCUT2D eigenvalue weighted by Crippen LogP contribution is 2.21. The van der Waals surface area contributed by atoms with E-state index in [9.17, 15) is 0 Å². The number of rotatable bonds is 1. The number of nitrogens with zero attached hydrogens (tertiary/aromatic N) is 2. The Hall–Kier alpha value is -1.44. The van der Waals surface area contributed by atoms with Gasteiger partial charge in [-0.05, 0) is 25.8 Å². The minimum atomic E-state index is 0.835. The molecule has 66 valence electrons. The fourth-order valence-electron chi connectivity index (χ4n) is 1.46. The zero-order valence-corrected chi connectivity index (χ0v) is 7.70. The van der Waals surface area contributed by atoms with E-state index in [1.165, 1.54) is 5.57 Å². The van der Waals surface area contributed by atoms with Crippen LogP contribution in [-0.4, -0.2) is 9.97 Å². The number of aromatic nitrogens is 2. The summed E-state index contributed by atoms with van der Waals surface area (Å²) in [5.74, 6) is 0.835. The molecule has 1 heterocycles. The lowest BCUT2D eigenvalue weighted by atomic mass is 10.0. The van der Waals surface area contributed by atoms with Crippen molar-refractivity contribution in [2.45, 2.75) is 19.8 Å². The molecule has 1 aliphatic carbocycles. The van der Waals surface area contributed by atoms with Crippen molar-refractivity contribution in [1.29, 1.82) is 0 Å². The summed E-state index contributed by atoms with van der Waals surface area (Å²) in [6, 6.07) is 1.84. The van der Waals surface area contributed by atoms with Gasteiger partial charge >= 0.3 is 0 Å². The smallest absolute Gasteiger partial charge is 0.158 e. The predicted octanol–water partition coefficient (Wildman–Crippen LogP) is 2.60. The molecule has 1 aromatic heterocycles. The highest BCUT2D eigenvalue weighted by Gasteiger charge is 2.05. The molecule has 0 amide bonds. The maximum Gasteiger partial charge on any atom is 0.158 e. The minimum Gasteiger partial charge on any atom is -0.237 e. The Kier molecular flexibility index (Phi) is 2.21. The number of allylic oxidation sites excluding steroid dienone is 4. The molecule has 2 heteroatoms. The third kappa shape index (κ3) is 1.83. The van der Waals surface area contributed by atoms with Crippen LogP contribution in [0.25, 0.3) is 5.57 Å². The van der Waals surface area contributed by atoms with Gasteiger partial charge in [0.1, 0.15) is 0 Å². The fraction of sp³-hybridized carbons (Fsp3) is 0.273. The molecule has 0 saturated heterocycles. The first-order chi connectivity index (χ1) is 6.36. The molecule has 2 nitrogen and oxygen atoms in total. The van der Waals surface area contributed by atoms with Gasteiger partial charge in [-0.15, -0.1) is 0 Å². The van der Waals surface area contributed by atoms with E-state index in [1.807, 2.05) is 6.07 Å². The van der Waals surface area contributed by atoms with Crippen LogP contribution in [0.5, 0.6) is 0 Å². The van der Waals surface area contributed by atoms with E-state index in [0.717, 1.165) is 24.2 Å². The van der Waals surface area contributed by atoms with E-state index in [4.69, 9.17) is 0 Å². The average Bonchev–Trinajstić information content (AvgIpc) is 2.19. The van der Waals surface area contributed by atoms with Crippen LogP contribution in [0.15, 0.2) is 36.2 Å². The monoisotopic (exact) mass is 172 g/mol. The van der Waals surface area contributed by atoms with E-state index in [0.29, 0.717) is 0 Å². The molecule has 0 radical (unpaired) electrons. The SMILES string of the molecule is CC1=CC(c2ncccn2)=CCC1. The van der Waals surface area contributed by atoms with Crippen LogP contribution < -0.4 is 0 Å². The van der Waals surface area contributed by atoms with Crippen molar-refractivity contribution in [3.05, 3.63) is 42.0 Å². The van der Waals surface area contributed by atoms with Crippen molar-refractivity contribution < 1.29 is 0 Å². The van der Waals surface area contributed by atoms with Gasteiger partial charge in [0.15, 0.2) is 5.82 Å². The highest BCUT2D eigenvalue weighted by atomic mass is 14.9. The van der Waals surface area contributed by atoms with E-state index < -0.39 is 0 Å². The maximum atomic E-state index is 4.21. The first-order valence-electron chi connectivity index (χ1n) is 4.51. The Bertz CT molecular complexity index is 350. The zero-order valence-electron chi connectivity index (χ0n) is 7.70. The Morgan fingerprint density at radius 3 is 2.69 bits per heavy atom. The van der Waals surface area contributed by atoms with Crippen molar-refractivity contribution in [3.8, 4) is 0 Å². The zero-order chi connectivity index (χ0) is 9.10. The lowest BCUT2D eigenvalue weighted by molar-refractivity contribution is 0.958. The quantitative estimate of drug-likeness (QED) is 0.650. The molecular weight excluding hydrogens is 160 g/mol. The molecule has 0 atom stereocenters. The van der Waals surface area contributed by atoms with Crippen LogP contribution in [0.2, 0.25) is 0 Å². The van der Waals surface area contributed by atoms with Crippen molar-refractivity contribution in [2.24, 2.45) is 0 Å². The first kappa shape index (κ1) is 8.17. The van der Waals surface area contributed by atoms with Gasteiger partial charge in [-0.3, -0.25) is 0 Å². The van der Waals surface area contributed by atoms with Gasteiger partial charge in [0.25, 0.3) is 0 Å². The molecule has 0 fully saturated rings. The van der Waals surface area contributed by atoms with Gasteiger partial charge in [0, 0.05) is 18.0 Å². The van der Waals surface area contributed by atoms with Gasteiger partial charge < -0.3 is 0 Å². The third-order valence-electron chi connectivity index (χ3n) is 2.13. The summed E-state index contributed by atoms with van der Waals surface area (Å²) in [4.78, 5) is 8.43. The lowest BCUT2D eigenvalue weighted by Gasteiger charge is -2.08. The maximum absolute atomic E-state index is 4.21. The largest absolute Gasteiger partial charge is 0.237 e. The molecule has 0 unspecified atom stereocenters. The van der Waals surface area contributed by atoms with E-state index in [1.54, 1.807) is 12.4 Å². The molecular formula is C11H12N2. The van der Waals surface area contributed by atoms with Crippen LogP contribution in [-0.2, 0) is 0 Å². The second-order valence-corrected chi connectivity index (χ2v) is 3.26. The highest BCUT2D eigenvalue weighted by molar-refractivity contribution is 5.71. The van der Waals surface area contributed by atoms with Crippen molar-refractivity contribution in [2.75, 3.05) is 0 Å². The minimum absolute atomic E-state index is 0.835. The van der Waals surface area contributed by atoms with Gasteiger partial charge in [-0.25, -0.2) is 9.97 Å². The van der Waals surface area contributed by atoms with Gasteiger partial charge in [-0.2, -0.15) is 0 Å². The second-order valence-electron chi connectivity index (χ2n) is 3.26. The van der Waals surface area contributed by atoms with Crippen LogP contribution in [0.3, 0.4) is 0 Å². The molecule has 0 bridgehead atoms. The summed E-state index contributed by atoms with van der Waals surface area (Å²) in [6.07, 6.45) is 10.2. The summed E-state index contributed by atoms with van der Waals surface area (Å²) >= 11 is 0. The van der Waals surface area contributed by atoms with Crippen LogP contribution in [0, 0.1) is 0 Å².